The van der Waals surface area contributed by atoms with E-state index in [1.54, 1.807) is 18.2 Å². The number of methoxy groups -OCH3 is 1. The Bertz CT molecular complexity index is 740. The molecule has 2 rings (SSSR count). The van der Waals surface area contributed by atoms with E-state index >= 15 is 0 Å². The van der Waals surface area contributed by atoms with Crippen molar-refractivity contribution in [3.8, 4) is 11.5 Å². The molecule has 0 bridgehead atoms. The maximum Gasteiger partial charge on any atom is 0.262 e. The minimum Gasteiger partial charge on any atom is -0.495 e. The van der Waals surface area contributed by atoms with Gasteiger partial charge in [-0.2, -0.15) is 0 Å². The monoisotopic (exact) mass is 401 g/mol. The van der Waals surface area contributed by atoms with Crippen molar-refractivity contribution in [1.82, 2.24) is 0 Å². The Morgan fingerprint density at radius 3 is 2.70 bits per heavy atom. The van der Waals surface area contributed by atoms with Crippen LogP contribution in [0.2, 0.25) is 5.02 Å². The molecule has 0 aliphatic heterocycles. The topological polar surface area (TPSA) is 47.6 Å². The summed E-state index contributed by atoms with van der Waals surface area (Å²) in [7, 11) is 1.48. The van der Waals surface area contributed by atoms with Crippen molar-refractivity contribution in [2.24, 2.45) is 0 Å². The highest BCUT2D eigenvalue weighted by Crippen LogP contribution is 2.31. The second kappa shape index (κ2) is 7.66. The molecule has 2 aromatic rings. The molecule has 0 aliphatic rings. The minimum absolute atomic E-state index is 0.00241. The van der Waals surface area contributed by atoms with E-state index in [1.807, 2.05) is 6.92 Å². The predicted molar refractivity (Wildman–Crippen MR) is 91.0 cm³/mol. The fourth-order valence-electron chi connectivity index (χ4n) is 1.85. The molecule has 0 fully saturated rings. The highest BCUT2D eigenvalue weighted by molar-refractivity contribution is 9.10. The van der Waals surface area contributed by atoms with Gasteiger partial charge in [0.05, 0.1) is 12.8 Å². The van der Waals surface area contributed by atoms with E-state index in [4.69, 9.17) is 21.1 Å². The lowest BCUT2D eigenvalue weighted by molar-refractivity contribution is -0.118. The largest absolute Gasteiger partial charge is 0.495 e. The number of aryl methyl sites for hydroxylation is 1. The molecule has 7 heteroatoms. The number of nitrogens with one attached hydrogen (secondary N) is 1. The van der Waals surface area contributed by atoms with E-state index in [0.717, 1.165) is 5.56 Å². The summed E-state index contributed by atoms with van der Waals surface area (Å²) in [6.45, 7) is 1.48. The molecule has 0 unspecified atom stereocenters. The summed E-state index contributed by atoms with van der Waals surface area (Å²) in [6, 6.07) is 7.64. The molecule has 1 N–H and O–H groups in total. The lowest BCUT2D eigenvalue weighted by atomic mass is 10.2. The number of anilines is 1. The van der Waals surface area contributed by atoms with Crippen LogP contribution in [0.1, 0.15) is 5.56 Å². The minimum atomic E-state index is -0.549. The number of amides is 1. The van der Waals surface area contributed by atoms with Crippen molar-refractivity contribution < 1.29 is 18.7 Å². The Morgan fingerprint density at radius 1 is 1.30 bits per heavy atom. The molecule has 0 saturated carbocycles. The van der Waals surface area contributed by atoms with Gasteiger partial charge in [0.2, 0.25) is 0 Å². The predicted octanol–water partition coefficient (Wildman–Crippen LogP) is 4.58. The molecule has 1 amide bonds. The van der Waals surface area contributed by atoms with Crippen LogP contribution in [0.4, 0.5) is 10.1 Å². The molecule has 122 valence electrons. The Balaban J connectivity index is 2.04. The Morgan fingerprint density at radius 2 is 2.04 bits per heavy atom. The molecule has 0 radical (unpaired) electrons. The average molecular weight is 403 g/mol. The second-order valence-corrected chi connectivity index (χ2v) is 6.04. The van der Waals surface area contributed by atoms with E-state index in [0.29, 0.717) is 20.9 Å². The first-order valence-corrected chi connectivity index (χ1v) is 7.79. The van der Waals surface area contributed by atoms with Gasteiger partial charge in [-0.15, -0.1) is 0 Å². The summed E-state index contributed by atoms with van der Waals surface area (Å²) in [5.74, 6) is -0.550. The van der Waals surface area contributed by atoms with Crippen LogP contribution in [0, 0.1) is 12.7 Å². The quantitative estimate of drug-likeness (QED) is 0.796. The van der Waals surface area contributed by atoms with Gasteiger partial charge in [-0.3, -0.25) is 4.79 Å². The van der Waals surface area contributed by atoms with E-state index in [1.165, 1.54) is 19.2 Å². The number of ether oxygens (including phenoxy) is 2. The Hall–Kier alpha value is -1.79. The zero-order valence-corrected chi connectivity index (χ0v) is 14.8. The molecular weight excluding hydrogens is 389 g/mol. The molecule has 0 atom stereocenters. The van der Waals surface area contributed by atoms with Crippen molar-refractivity contribution in [2.75, 3.05) is 19.0 Å². The lowest BCUT2D eigenvalue weighted by Crippen LogP contribution is -2.21. The van der Waals surface area contributed by atoms with Gasteiger partial charge in [-0.05, 0) is 36.8 Å². The molecule has 23 heavy (non-hydrogen) atoms. The highest BCUT2D eigenvalue weighted by atomic mass is 79.9. The van der Waals surface area contributed by atoms with Crippen LogP contribution in [0.15, 0.2) is 34.8 Å². The molecule has 0 aromatic heterocycles. The second-order valence-electron chi connectivity index (χ2n) is 4.71. The van der Waals surface area contributed by atoms with Gasteiger partial charge in [0.25, 0.3) is 5.91 Å². The number of halogens is 3. The zero-order chi connectivity index (χ0) is 17.0. The van der Waals surface area contributed by atoms with Gasteiger partial charge >= 0.3 is 0 Å². The summed E-state index contributed by atoms with van der Waals surface area (Å²) in [6.07, 6.45) is 0. The first-order valence-electron chi connectivity index (χ1n) is 6.62. The standard InChI is InChI=1S/C16H14BrClFNO3/c1-9-5-13(15(22-2)7-11(9)18)20-16(21)8-23-14-4-3-10(17)6-12(14)19/h3-7H,8H2,1-2H3,(H,20,21). The van der Waals surface area contributed by atoms with Crippen molar-refractivity contribution in [1.29, 1.82) is 0 Å². The molecule has 2 aromatic carbocycles. The highest BCUT2D eigenvalue weighted by Gasteiger charge is 2.12. The van der Waals surface area contributed by atoms with Gasteiger partial charge in [-0.25, -0.2) is 4.39 Å². The maximum absolute atomic E-state index is 13.6. The van der Waals surface area contributed by atoms with Gasteiger partial charge < -0.3 is 14.8 Å². The number of rotatable bonds is 5. The SMILES string of the molecule is COc1cc(Cl)c(C)cc1NC(=O)COc1ccc(Br)cc1F. The first kappa shape index (κ1) is 17.6. The third kappa shape index (κ3) is 4.59. The number of carbonyl (C=O) groups is 1. The first-order chi connectivity index (χ1) is 10.9. The van der Waals surface area contributed by atoms with Crippen LogP contribution >= 0.6 is 27.5 Å². The number of hydrogen-bond acceptors (Lipinski definition) is 3. The summed E-state index contributed by atoms with van der Waals surface area (Å²) >= 11 is 9.16. The zero-order valence-electron chi connectivity index (χ0n) is 12.5. The summed E-state index contributed by atoms with van der Waals surface area (Å²) in [5, 5.41) is 3.19. The van der Waals surface area contributed by atoms with E-state index < -0.39 is 11.7 Å². The van der Waals surface area contributed by atoms with Crippen LogP contribution in [-0.4, -0.2) is 19.6 Å². The smallest absolute Gasteiger partial charge is 0.262 e. The third-order valence-corrected chi connectivity index (χ3v) is 3.91. The maximum atomic E-state index is 13.6. The van der Waals surface area contributed by atoms with Crippen LogP contribution in [0.5, 0.6) is 11.5 Å². The molecular formula is C16H14BrClFNO3. The number of hydrogen-bond donors (Lipinski definition) is 1. The fraction of sp³-hybridized carbons (Fsp3) is 0.188. The van der Waals surface area contributed by atoms with Crippen molar-refractivity contribution in [3.05, 3.63) is 51.2 Å². The molecule has 0 spiro atoms. The van der Waals surface area contributed by atoms with Crippen LogP contribution in [0.3, 0.4) is 0 Å². The van der Waals surface area contributed by atoms with Crippen molar-refractivity contribution in [3.63, 3.8) is 0 Å². The van der Waals surface area contributed by atoms with Gasteiger partial charge in [0.15, 0.2) is 18.2 Å². The van der Waals surface area contributed by atoms with E-state index in [-0.39, 0.29) is 12.4 Å². The summed E-state index contributed by atoms with van der Waals surface area (Å²) < 4.78 is 24.6. The van der Waals surface area contributed by atoms with Gasteiger partial charge in [0, 0.05) is 15.6 Å². The van der Waals surface area contributed by atoms with Crippen molar-refractivity contribution >= 4 is 39.1 Å². The van der Waals surface area contributed by atoms with E-state index in [2.05, 4.69) is 21.2 Å². The average Bonchev–Trinajstić information content (AvgIpc) is 2.49. The molecule has 4 nitrogen and oxygen atoms in total. The normalized spacial score (nSPS) is 10.3. The fourth-order valence-corrected chi connectivity index (χ4v) is 2.34. The third-order valence-electron chi connectivity index (χ3n) is 3.01. The lowest BCUT2D eigenvalue weighted by Gasteiger charge is -2.13. The summed E-state index contributed by atoms with van der Waals surface area (Å²) in [4.78, 5) is 12.0. The number of carbonyl (C=O) groups excluding carboxylic acids is 1. The van der Waals surface area contributed by atoms with Crippen LogP contribution < -0.4 is 14.8 Å². The molecule has 0 saturated heterocycles. The Labute approximate surface area is 146 Å². The van der Waals surface area contributed by atoms with E-state index in [9.17, 15) is 9.18 Å². The van der Waals surface area contributed by atoms with Gasteiger partial charge in [0.1, 0.15) is 5.75 Å². The van der Waals surface area contributed by atoms with Crippen molar-refractivity contribution in [2.45, 2.75) is 6.92 Å². The van der Waals surface area contributed by atoms with Crippen LogP contribution in [-0.2, 0) is 4.79 Å². The summed E-state index contributed by atoms with van der Waals surface area (Å²) in [5.41, 5.74) is 1.27. The number of benzene rings is 2. The Kier molecular flexibility index (Phi) is 5.85. The van der Waals surface area contributed by atoms with Gasteiger partial charge in [-0.1, -0.05) is 27.5 Å². The van der Waals surface area contributed by atoms with Crippen LogP contribution in [0.25, 0.3) is 0 Å². The molecule has 0 aliphatic carbocycles. The molecule has 0 heterocycles.